The molecule has 1 aromatic heterocycles. The van der Waals surface area contributed by atoms with Crippen molar-refractivity contribution in [3.8, 4) is 38.8 Å². The van der Waals surface area contributed by atoms with Gasteiger partial charge in [0.15, 0.2) is 5.75 Å². The van der Waals surface area contributed by atoms with Gasteiger partial charge in [-0.3, -0.25) is 0 Å². The molecule has 0 unspecified atom stereocenters. The summed E-state index contributed by atoms with van der Waals surface area (Å²) in [6, 6.07) is 9.19. The van der Waals surface area contributed by atoms with Crippen LogP contribution >= 0.6 is 11.5 Å². The van der Waals surface area contributed by atoms with Gasteiger partial charge in [0.1, 0.15) is 22.5 Å². The van der Waals surface area contributed by atoms with Crippen molar-refractivity contribution >= 4 is 22.5 Å². The largest absolute Gasteiger partial charge is 1.00 e. The van der Waals surface area contributed by atoms with E-state index < -0.39 is 11.0 Å². The number of nitrogens with zero attached hydrogens (tertiary/aromatic N) is 1. The minimum atomic E-state index is -2.69. The van der Waals surface area contributed by atoms with Gasteiger partial charge < -0.3 is 27.6 Å². The van der Waals surface area contributed by atoms with Gasteiger partial charge in [0, 0.05) is 11.8 Å². The van der Waals surface area contributed by atoms with Crippen molar-refractivity contribution in [2.75, 3.05) is 14.2 Å². The molecule has 10 heteroatoms. The van der Waals surface area contributed by atoms with Gasteiger partial charge in [0.2, 0.25) is 0 Å². The molecule has 2 aromatic carbocycles. The van der Waals surface area contributed by atoms with E-state index in [1.54, 1.807) is 25.4 Å². The number of aryl methyl sites for hydroxylation is 1. The van der Waals surface area contributed by atoms with Crippen LogP contribution in [-0.2, 0) is 24.9 Å². The fraction of sp³-hybridized carbons (Fsp3) is 0.211. The van der Waals surface area contributed by atoms with Crippen molar-refractivity contribution in [2.45, 2.75) is 13.8 Å². The topological polar surface area (TPSA) is 108 Å². The Hall–Kier alpha value is -1.62. The van der Waals surface area contributed by atoms with Gasteiger partial charge in [-0.05, 0) is 65.8 Å². The third-order valence-corrected chi connectivity index (χ3v) is 5.47. The van der Waals surface area contributed by atoms with Crippen molar-refractivity contribution in [2.24, 2.45) is 0 Å². The van der Waals surface area contributed by atoms with Gasteiger partial charge in [-0.15, -0.1) is 0 Å². The molecule has 0 atom stereocenters. The monoisotopic (exact) mass is 446 g/mol. The van der Waals surface area contributed by atoms with E-state index >= 15 is 0 Å². The quantitative estimate of drug-likeness (QED) is 0.315. The van der Waals surface area contributed by atoms with Crippen LogP contribution in [0.4, 0.5) is 0 Å². The third-order valence-electron chi connectivity index (χ3n) is 4.30. The molecule has 0 saturated carbocycles. The van der Waals surface area contributed by atoms with Crippen molar-refractivity contribution in [1.29, 1.82) is 0 Å². The van der Waals surface area contributed by atoms with Gasteiger partial charge in [-0.2, -0.15) is 4.37 Å². The van der Waals surface area contributed by atoms with Crippen molar-refractivity contribution in [1.82, 2.24) is 4.37 Å². The van der Waals surface area contributed by atoms with Crippen LogP contribution in [0.3, 0.4) is 0 Å². The SMILES string of the molecule is COc1ccc(-c2cnsc2-c2cc(C)c(C)c(OC)c2)cc1O[S-](=O)=O.[Na+].[OH3+]. The van der Waals surface area contributed by atoms with Crippen molar-refractivity contribution in [3.63, 3.8) is 0 Å². The molecule has 0 radical (unpaired) electrons. The molecule has 3 N–H and O–H groups in total. The Bertz CT molecular complexity index is 1060. The third kappa shape index (κ3) is 5.50. The Kier molecular flexibility index (Phi) is 9.60. The normalized spacial score (nSPS) is 10.1. The molecule has 150 valence electrons. The number of ether oxygens (including phenoxy) is 2. The summed E-state index contributed by atoms with van der Waals surface area (Å²) in [6.45, 7) is 4.05. The zero-order valence-corrected chi connectivity index (χ0v) is 20.5. The summed E-state index contributed by atoms with van der Waals surface area (Å²) in [5.41, 5.74) is 4.83. The average Bonchev–Trinajstić information content (AvgIpc) is 3.13. The van der Waals surface area contributed by atoms with E-state index in [1.807, 2.05) is 26.0 Å². The molecule has 0 fully saturated rings. The molecule has 1 heterocycles. The summed E-state index contributed by atoms with van der Waals surface area (Å²) < 4.78 is 41.7. The molecule has 7 nitrogen and oxygen atoms in total. The Morgan fingerprint density at radius 2 is 1.59 bits per heavy atom. The van der Waals surface area contributed by atoms with E-state index in [2.05, 4.69) is 10.4 Å². The minimum absolute atomic E-state index is 0. The molecule has 3 rings (SSSR count). The second-order valence-corrected chi connectivity index (χ2v) is 7.22. The molecule has 0 aliphatic rings. The summed E-state index contributed by atoms with van der Waals surface area (Å²) in [7, 11) is 0.407. The second-order valence-electron chi connectivity index (χ2n) is 5.84. The van der Waals surface area contributed by atoms with E-state index in [0.717, 1.165) is 38.4 Å². The molecule has 0 bridgehead atoms. The molecule has 0 amide bonds. The van der Waals surface area contributed by atoms with Crippen LogP contribution in [0.25, 0.3) is 21.6 Å². The fourth-order valence-electron chi connectivity index (χ4n) is 2.81. The molecule has 0 spiro atoms. The minimum Gasteiger partial charge on any atom is -0.530 e. The number of hydrogen-bond donors (Lipinski definition) is 0. The van der Waals surface area contributed by atoms with Gasteiger partial charge in [0.05, 0.1) is 19.1 Å². The van der Waals surface area contributed by atoms with Gasteiger partial charge >= 0.3 is 29.6 Å². The molecule has 3 aromatic rings. The predicted molar refractivity (Wildman–Crippen MR) is 110 cm³/mol. The van der Waals surface area contributed by atoms with E-state index in [9.17, 15) is 8.42 Å². The maximum Gasteiger partial charge on any atom is 1.00 e. The van der Waals surface area contributed by atoms with Crippen LogP contribution in [-0.4, -0.2) is 18.6 Å². The summed E-state index contributed by atoms with van der Waals surface area (Å²) in [5, 5.41) is 0. The van der Waals surface area contributed by atoms with Crippen molar-refractivity contribution < 1.29 is 57.1 Å². The summed E-state index contributed by atoms with van der Waals surface area (Å²) >= 11 is 1.36. The molecule has 0 aliphatic carbocycles. The first-order valence-corrected chi connectivity index (χ1v) is 9.78. The van der Waals surface area contributed by atoms with Crippen LogP contribution in [0.1, 0.15) is 11.1 Å². The van der Waals surface area contributed by atoms with E-state index in [-0.39, 0.29) is 40.8 Å². The predicted octanol–water partition coefficient (Wildman–Crippen LogP) is 0.796. The number of hydrogen-bond acceptors (Lipinski definition) is 8. The standard InChI is InChI=1S/C19H18NO5S2.Na.H2O/c1-11-7-14(9-17(24-4)12(11)2)19-15(10-20-26-19)13-5-6-16(23-3)18(8-13)25-27(21)22;;/h5-10H,1-4H3;;1H2/q-1;+1;/p+1. The first-order chi connectivity index (χ1) is 12.9. The molecular weight excluding hydrogens is 425 g/mol. The van der Waals surface area contributed by atoms with Crippen molar-refractivity contribution in [3.05, 3.63) is 47.7 Å². The van der Waals surface area contributed by atoms with Crippen LogP contribution in [0.2, 0.25) is 0 Å². The van der Waals surface area contributed by atoms with E-state index in [0.29, 0.717) is 5.75 Å². The fourth-order valence-corrected chi connectivity index (χ4v) is 3.84. The maximum atomic E-state index is 11.0. The number of benzene rings is 2. The second kappa shape index (κ2) is 11.0. The van der Waals surface area contributed by atoms with Crippen LogP contribution in [0.15, 0.2) is 36.5 Å². The molecular formula is C19H21NNaO6S2+. The van der Waals surface area contributed by atoms with Crippen LogP contribution in [0, 0.1) is 13.8 Å². The zero-order valence-electron chi connectivity index (χ0n) is 16.8. The summed E-state index contributed by atoms with van der Waals surface area (Å²) in [6.07, 6.45) is 1.75. The van der Waals surface area contributed by atoms with Gasteiger partial charge in [0.25, 0.3) is 0 Å². The van der Waals surface area contributed by atoms with E-state index in [1.165, 1.54) is 18.6 Å². The first kappa shape index (κ1) is 25.4. The first-order valence-electron chi connectivity index (χ1n) is 8.01. The smallest absolute Gasteiger partial charge is 0.530 e. The zero-order chi connectivity index (χ0) is 19.6. The average molecular weight is 447 g/mol. The Morgan fingerprint density at radius 1 is 0.931 bits per heavy atom. The summed E-state index contributed by atoms with van der Waals surface area (Å²) in [4.78, 5) is 0.954. The Morgan fingerprint density at radius 3 is 2.21 bits per heavy atom. The Balaban J connectivity index is 0.00000210. The Labute approximate surface area is 197 Å². The van der Waals surface area contributed by atoms with Crippen LogP contribution in [0.5, 0.6) is 17.2 Å². The summed E-state index contributed by atoms with van der Waals surface area (Å²) in [5.74, 6) is 1.27. The molecule has 0 saturated heterocycles. The number of aromatic nitrogens is 1. The number of methoxy groups -OCH3 is 2. The molecule has 29 heavy (non-hydrogen) atoms. The van der Waals surface area contributed by atoms with Crippen LogP contribution < -0.4 is 43.2 Å². The number of rotatable bonds is 6. The maximum absolute atomic E-state index is 11.0. The molecule has 0 aliphatic heterocycles. The van der Waals surface area contributed by atoms with Gasteiger partial charge in [-0.25, -0.2) is 0 Å². The van der Waals surface area contributed by atoms with E-state index in [4.69, 9.17) is 13.7 Å². The van der Waals surface area contributed by atoms with Gasteiger partial charge in [-0.1, -0.05) is 12.1 Å².